The van der Waals surface area contributed by atoms with Crippen molar-refractivity contribution in [3.05, 3.63) is 0 Å². The molecule has 2 N–H and O–H groups in total. The normalized spacial score (nSPS) is 27.2. The third-order valence-corrected chi connectivity index (χ3v) is 5.40. The van der Waals surface area contributed by atoms with Gasteiger partial charge >= 0.3 is 11.9 Å². The zero-order chi connectivity index (χ0) is 27.9. The van der Waals surface area contributed by atoms with Crippen LogP contribution in [0.5, 0.6) is 0 Å². The zero-order valence-electron chi connectivity index (χ0n) is 23.7. The lowest BCUT2D eigenvalue weighted by molar-refractivity contribution is -0.165. The Kier molecular flexibility index (Phi) is 11.8. The lowest BCUT2D eigenvalue weighted by Crippen LogP contribution is -2.32. The summed E-state index contributed by atoms with van der Waals surface area (Å²) in [5, 5.41) is 18.2. The molecule has 10 nitrogen and oxygen atoms in total. The molecule has 0 unspecified atom stereocenters. The number of aliphatic hydroxyl groups is 2. The highest BCUT2D eigenvalue weighted by Crippen LogP contribution is 2.31. The molecule has 0 aromatic heterocycles. The van der Waals surface area contributed by atoms with E-state index in [1.54, 1.807) is 34.6 Å². The summed E-state index contributed by atoms with van der Waals surface area (Å²) in [6.07, 6.45) is -0.153. The van der Waals surface area contributed by atoms with Crippen molar-refractivity contribution in [1.29, 1.82) is 0 Å². The molecule has 36 heavy (non-hydrogen) atoms. The standard InChI is InChI=1S/2C13H24O5/c1-12(2,3)11(15)16-7-6-9-10(8-14)18-13(4,5)17-9;1-12(2,3)11(15)16-8-10-9(6-7-14)17-13(4,5)18-10/h2*9-10,14H,6-8H2,1-5H3/t2*9-,10+/m00/s1. The molecule has 0 amide bonds. The number of hydrogen-bond donors (Lipinski definition) is 2. The van der Waals surface area contributed by atoms with E-state index >= 15 is 0 Å². The van der Waals surface area contributed by atoms with Crippen LogP contribution in [0.25, 0.3) is 0 Å². The predicted octanol–water partition coefficient (Wildman–Crippen LogP) is 2.96. The maximum Gasteiger partial charge on any atom is 0.311 e. The first-order valence-corrected chi connectivity index (χ1v) is 12.6. The monoisotopic (exact) mass is 520 g/mol. The number of carbonyl (C=O) groups excluding carboxylic acids is 2. The van der Waals surface area contributed by atoms with Crippen molar-refractivity contribution < 1.29 is 48.2 Å². The molecule has 2 rings (SSSR count). The van der Waals surface area contributed by atoms with Gasteiger partial charge in [0.1, 0.15) is 18.8 Å². The van der Waals surface area contributed by atoms with E-state index in [2.05, 4.69) is 0 Å². The minimum absolute atomic E-state index is 0.0217. The molecule has 212 valence electrons. The number of rotatable bonds is 8. The van der Waals surface area contributed by atoms with Crippen molar-refractivity contribution in [1.82, 2.24) is 0 Å². The van der Waals surface area contributed by atoms with Crippen LogP contribution in [0.2, 0.25) is 0 Å². The van der Waals surface area contributed by atoms with Crippen LogP contribution >= 0.6 is 0 Å². The third kappa shape index (κ3) is 11.0. The quantitative estimate of drug-likeness (QED) is 0.461. The molecule has 4 atom stereocenters. The van der Waals surface area contributed by atoms with Gasteiger partial charge in [-0.15, -0.1) is 0 Å². The van der Waals surface area contributed by atoms with E-state index in [9.17, 15) is 14.7 Å². The Morgan fingerprint density at radius 3 is 1.56 bits per heavy atom. The number of carbonyl (C=O) groups is 2. The van der Waals surface area contributed by atoms with E-state index in [0.29, 0.717) is 12.8 Å². The van der Waals surface area contributed by atoms with Gasteiger partial charge in [-0.2, -0.15) is 0 Å². The number of esters is 2. The van der Waals surface area contributed by atoms with E-state index < -0.39 is 22.4 Å². The Hall–Kier alpha value is -1.30. The number of aliphatic hydroxyl groups excluding tert-OH is 2. The Balaban J connectivity index is 0.000000360. The Bertz CT molecular complexity index is 704. The highest BCUT2D eigenvalue weighted by Gasteiger charge is 2.42. The van der Waals surface area contributed by atoms with E-state index in [1.807, 2.05) is 34.6 Å². The van der Waals surface area contributed by atoms with Crippen molar-refractivity contribution in [3.63, 3.8) is 0 Å². The molecule has 10 heteroatoms. The summed E-state index contributed by atoms with van der Waals surface area (Å²) in [6, 6.07) is 0. The Labute approximate surface area is 215 Å². The van der Waals surface area contributed by atoms with Gasteiger partial charge in [-0.05, 0) is 75.7 Å². The smallest absolute Gasteiger partial charge is 0.311 e. The van der Waals surface area contributed by atoms with Crippen LogP contribution in [-0.4, -0.2) is 84.6 Å². The van der Waals surface area contributed by atoms with E-state index in [0.717, 1.165) is 0 Å². The number of ether oxygens (including phenoxy) is 6. The molecule has 2 fully saturated rings. The van der Waals surface area contributed by atoms with Crippen molar-refractivity contribution in [3.8, 4) is 0 Å². The second kappa shape index (κ2) is 13.0. The van der Waals surface area contributed by atoms with Gasteiger partial charge in [-0.25, -0.2) is 0 Å². The molecule has 2 heterocycles. The summed E-state index contributed by atoms with van der Waals surface area (Å²) < 4.78 is 32.9. The molecule has 2 aliphatic rings. The lowest BCUT2D eigenvalue weighted by atomic mass is 9.97. The minimum atomic E-state index is -0.696. The van der Waals surface area contributed by atoms with Crippen LogP contribution in [0.15, 0.2) is 0 Å². The highest BCUT2D eigenvalue weighted by molar-refractivity contribution is 5.75. The summed E-state index contributed by atoms with van der Waals surface area (Å²) in [4.78, 5) is 23.3. The van der Waals surface area contributed by atoms with Crippen LogP contribution < -0.4 is 0 Å². The fourth-order valence-electron chi connectivity index (χ4n) is 3.59. The zero-order valence-corrected chi connectivity index (χ0v) is 23.7. The molecule has 0 radical (unpaired) electrons. The van der Waals surface area contributed by atoms with Crippen molar-refractivity contribution in [2.45, 2.75) is 118 Å². The maximum atomic E-state index is 11.7. The van der Waals surface area contributed by atoms with Crippen molar-refractivity contribution >= 4 is 11.9 Å². The topological polar surface area (TPSA) is 130 Å². The second-order valence-corrected chi connectivity index (χ2v) is 12.1. The van der Waals surface area contributed by atoms with Crippen LogP contribution in [0.3, 0.4) is 0 Å². The molecule has 0 aliphatic carbocycles. The van der Waals surface area contributed by atoms with Gasteiger partial charge in [-0.1, -0.05) is 0 Å². The molecular formula is C26H48O10. The van der Waals surface area contributed by atoms with Gasteiger partial charge in [0, 0.05) is 13.0 Å². The summed E-state index contributed by atoms with van der Waals surface area (Å²) in [5.74, 6) is -1.88. The van der Waals surface area contributed by atoms with Crippen LogP contribution in [0.4, 0.5) is 0 Å². The van der Waals surface area contributed by atoms with E-state index in [1.165, 1.54) is 0 Å². The first kappa shape index (κ1) is 32.7. The fourth-order valence-corrected chi connectivity index (χ4v) is 3.59. The largest absolute Gasteiger partial charge is 0.465 e. The average Bonchev–Trinajstić information content (AvgIpc) is 3.18. The minimum Gasteiger partial charge on any atom is -0.465 e. The lowest BCUT2D eigenvalue weighted by Gasteiger charge is -2.20. The van der Waals surface area contributed by atoms with E-state index in [4.69, 9.17) is 33.5 Å². The molecule has 2 saturated heterocycles. The number of hydrogen-bond acceptors (Lipinski definition) is 10. The predicted molar refractivity (Wildman–Crippen MR) is 132 cm³/mol. The highest BCUT2D eigenvalue weighted by atomic mass is 16.8. The maximum absolute atomic E-state index is 11.7. The molecular weight excluding hydrogens is 472 g/mol. The fraction of sp³-hybridized carbons (Fsp3) is 0.923. The Morgan fingerprint density at radius 2 is 1.11 bits per heavy atom. The summed E-state index contributed by atoms with van der Waals surface area (Å²) in [5.41, 5.74) is -1.02. The summed E-state index contributed by atoms with van der Waals surface area (Å²) in [7, 11) is 0. The molecule has 0 spiro atoms. The SMILES string of the molecule is CC1(C)O[C@@H](CCO)[C@@H](COC(=O)C(C)(C)C)O1.CC1(C)O[C@@H](CCOC(=O)C(C)(C)C)[C@@H](CO)O1. The van der Waals surface area contributed by atoms with Crippen LogP contribution in [0, 0.1) is 10.8 Å². The van der Waals surface area contributed by atoms with Crippen molar-refractivity contribution in [2.75, 3.05) is 26.4 Å². The van der Waals surface area contributed by atoms with E-state index in [-0.39, 0.29) is 62.8 Å². The van der Waals surface area contributed by atoms with Gasteiger partial charge in [-0.3, -0.25) is 9.59 Å². The average molecular weight is 521 g/mol. The van der Waals surface area contributed by atoms with Crippen LogP contribution in [-0.2, 0) is 38.0 Å². The van der Waals surface area contributed by atoms with Crippen molar-refractivity contribution in [2.24, 2.45) is 10.8 Å². The Morgan fingerprint density at radius 1 is 0.694 bits per heavy atom. The van der Waals surface area contributed by atoms with Crippen LogP contribution in [0.1, 0.15) is 82.1 Å². The molecule has 0 aromatic carbocycles. The van der Waals surface area contributed by atoms with Gasteiger partial charge in [0.15, 0.2) is 11.6 Å². The first-order valence-electron chi connectivity index (χ1n) is 12.6. The molecule has 2 aliphatic heterocycles. The second-order valence-electron chi connectivity index (χ2n) is 12.1. The van der Waals surface area contributed by atoms with Gasteiger partial charge in [0.25, 0.3) is 0 Å². The first-order chi connectivity index (χ1) is 16.3. The summed E-state index contributed by atoms with van der Waals surface area (Å²) >= 11 is 0. The molecule has 0 aromatic rings. The molecule has 0 bridgehead atoms. The van der Waals surface area contributed by atoms with Gasteiger partial charge < -0.3 is 38.6 Å². The third-order valence-electron chi connectivity index (χ3n) is 5.40. The molecule has 0 saturated carbocycles. The van der Waals surface area contributed by atoms with Gasteiger partial charge in [0.05, 0.1) is 36.3 Å². The summed E-state index contributed by atoms with van der Waals surface area (Å²) in [6.45, 7) is 18.4. The van der Waals surface area contributed by atoms with Gasteiger partial charge in [0.2, 0.25) is 0 Å².